The minimum absolute atomic E-state index is 0.361. The molecule has 0 aliphatic carbocycles. The molecule has 3 aromatic heterocycles. The van der Waals surface area contributed by atoms with Crippen molar-refractivity contribution in [3.63, 3.8) is 0 Å². The summed E-state index contributed by atoms with van der Waals surface area (Å²) in [5.41, 5.74) is 10.6. The number of nitrogens with zero attached hydrogens (tertiary/aromatic N) is 9. The second-order valence-corrected chi connectivity index (χ2v) is 15.9. The summed E-state index contributed by atoms with van der Waals surface area (Å²) in [6, 6.07) is 41.2. The van der Waals surface area contributed by atoms with Crippen molar-refractivity contribution in [3.8, 4) is 16.9 Å². The third kappa shape index (κ3) is 13.4. The van der Waals surface area contributed by atoms with Crippen molar-refractivity contribution in [1.82, 2.24) is 44.3 Å². The molecule has 3 heterocycles. The minimum atomic E-state index is -4.45. The van der Waals surface area contributed by atoms with Gasteiger partial charge in [0.25, 0.3) is 0 Å². The maximum atomic E-state index is 13.5. The topological polar surface area (TPSA) is 191 Å². The fourth-order valence-corrected chi connectivity index (χ4v) is 6.77. The van der Waals surface area contributed by atoms with E-state index in [1.165, 1.54) is 44.0 Å². The molecule has 17 heteroatoms. The first kappa shape index (κ1) is 49.4. The number of aromatic nitrogens is 9. The van der Waals surface area contributed by atoms with Gasteiger partial charge in [0.15, 0.2) is 0 Å². The third-order valence-electron chi connectivity index (χ3n) is 10.1. The lowest BCUT2D eigenvalue weighted by molar-refractivity contribution is -0.137. The largest absolute Gasteiger partial charge is 0.466 e. The number of unbranched alkanes of at least 4 members (excludes halogenated alkanes) is 1. The smallest absolute Gasteiger partial charge is 0.416 e. The van der Waals surface area contributed by atoms with Crippen LogP contribution in [0.2, 0.25) is 0 Å². The molecule has 0 aliphatic heterocycles. The van der Waals surface area contributed by atoms with E-state index in [4.69, 9.17) is 9.53 Å². The molecule has 5 aromatic carbocycles. The number of rotatable bonds is 12. The van der Waals surface area contributed by atoms with Gasteiger partial charge in [0, 0.05) is 6.54 Å². The predicted octanol–water partition coefficient (Wildman–Crippen LogP) is 9.17. The first-order valence-corrected chi connectivity index (χ1v) is 21.0. The zero-order valence-corrected chi connectivity index (χ0v) is 37.1. The summed E-state index contributed by atoms with van der Waals surface area (Å²) >= 11 is 0. The number of urea groups is 1. The highest BCUT2D eigenvalue weighted by Crippen LogP contribution is 2.42. The van der Waals surface area contributed by atoms with Crippen molar-refractivity contribution in [3.05, 3.63) is 200 Å². The van der Waals surface area contributed by atoms with Crippen molar-refractivity contribution >= 4 is 6.03 Å². The van der Waals surface area contributed by atoms with E-state index in [0.29, 0.717) is 11.3 Å². The Balaban J connectivity index is 0.000000196. The van der Waals surface area contributed by atoms with Crippen LogP contribution in [-0.4, -0.2) is 61.5 Å². The van der Waals surface area contributed by atoms with E-state index in [9.17, 15) is 18.3 Å². The van der Waals surface area contributed by atoms with Gasteiger partial charge in [-0.15, -0.1) is 10.2 Å². The zero-order chi connectivity index (χ0) is 47.6. The molecule has 5 N–H and O–H groups in total. The van der Waals surface area contributed by atoms with E-state index < -0.39 is 35.6 Å². The number of benzene rings is 5. The van der Waals surface area contributed by atoms with E-state index in [-0.39, 0.29) is 5.41 Å². The van der Waals surface area contributed by atoms with Crippen LogP contribution in [0.1, 0.15) is 69.0 Å². The number of amides is 2. The second kappa shape index (κ2) is 23.3. The number of primary amides is 2. The highest BCUT2D eigenvalue weighted by Gasteiger charge is 2.41. The van der Waals surface area contributed by atoms with Crippen LogP contribution < -0.4 is 16.2 Å². The summed E-state index contributed by atoms with van der Waals surface area (Å²) in [5, 5.41) is 26.5. The van der Waals surface area contributed by atoms with Crippen LogP contribution in [-0.2, 0) is 18.3 Å². The van der Waals surface area contributed by atoms with Gasteiger partial charge >= 0.3 is 12.2 Å². The average molecular weight is 902 g/mol. The average Bonchev–Trinajstić information content (AvgIpc) is 4.15. The van der Waals surface area contributed by atoms with Gasteiger partial charge in [-0.25, -0.2) is 24.1 Å². The zero-order valence-electron chi connectivity index (χ0n) is 37.1. The monoisotopic (exact) mass is 901 g/mol. The molecule has 0 aliphatic rings. The molecule has 0 saturated heterocycles. The summed E-state index contributed by atoms with van der Waals surface area (Å²) < 4.78 is 51.6. The Kier molecular flexibility index (Phi) is 17.4. The van der Waals surface area contributed by atoms with Crippen molar-refractivity contribution < 1.29 is 27.8 Å². The Morgan fingerprint density at radius 1 is 0.667 bits per heavy atom. The van der Waals surface area contributed by atoms with Gasteiger partial charge in [-0.1, -0.05) is 149 Å². The van der Waals surface area contributed by atoms with Crippen LogP contribution in [0, 0.1) is 5.41 Å². The Labute approximate surface area is 381 Å². The van der Waals surface area contributed by atoms with Crippen molar-refractivity contribution in [2.75, 3.05) is 0 Å². The molecular weight excluding hydrogens is 848 g/mol. The number of aliphatic hydroxyl groups is 1. The molecule has 2 atom stereocenters. The third-order valence-corrected chi connectivity index (χ3v) is 10.1. The lowest BCUT2D eigenvalue weighted by atomic mass is 9.76. The highest BCUT2D eigenvalue weighted by molar-refractivity contribution is 5.69. The van der Waals surface area contributed by atoms with Gasteiger partial charge in [0.1, 0.15) is 55.4 Å². The maximum Gasteiger partial charge on any atom is 0.416 e. The summed E-state index contributed by atoms with van der Waals surface area (Å²) in [4.78, 5) is 17.0. The molecule has 344 valence electrons. The van der Waals surface area contributed by atoms with Crippen LogP contribution in [0.25, 0.3) is 11.1 Å². The van der Waals surface area contributed by atoms with E-state index in [2.05, 4.69) is 60.9 Å². The van der Waals surface area contributed by atoms with E-state index in [0.717, 1.165) is 34.9 Å². The molecule has 2 unspecified atom stereocenters. The lowest BCUT2D eigenvalue weighted by Crippen LogP contribution is -2.38. The van der Waals surface area contributed by atoms with E-state index in [1.807, 2.05) is 128 Å². The lowest BCUT2D eigenvalue weighted by Gasteiger charge is -2.36. The number of aliphatic hydroxyl groups excluding tert-OH is 1. The number of hydrogen-bond acceptors (Lipinski definition) is 9. The van der Waals surface area contributed by atoms with Gasteiger partial charge in [-0.3, -0.25) is 0 Å². The molecule has 0 bridgehead atoms. The Morgan fingerprint density at radius 3 is 1.65 bits per heavy atom. The fourth-order valence-electron chi connectivity index (χ4n) is 6.77. The number of hydrogen-bond donors (Lipinski definition) is 3. The predicted molar refractivity (Wildman–Crippen MR) is 245 cm³/mol. The Morgan fingerprint density at radius 2 is 1.17 bits per heavy atom. The van der Waals surface area contributed by atoms with Crippen molar-refractivity contribution in [2.24, 2.45) is 16.9 Å². The first-order valence-electron chi connectivity index (χ1n) is 21.0. The van der Waals surface area contributed by atoms with Gasteiger partial charge < -0.3 is 25.9 Å². The Hall–Kier alpha value is -7.66. The molecule has 2 amide bonds. The van der Waals surface area contributed by atoms with Crippen LogP contribution in [0.15, 0.2) is 177 Å². The molecule has 8 aromatic rings. The molecule has 0 saturated carbocycles. The van der Waals surface area contributed by atoms with Gasteiger partial charge in [-0.05, 0) is 63.9 Å². The molecule has 8 rings (SSSR count). The molecule has 0 radical (unpaired) electrons. The summed E-state index contributed by atoms with van der Waals surface area (Å²) in [5.74, 6) is 0.670. The molecule has 14 nitrogen and oxygen atoms in total. The minimum Gasteiger partial charge on any atom is -0.466 e. The standard InChI is InChI=1S/C22H16F3N3.C20H23N3O2.C6H11N3.CH4N2O/c23-22(24,25)20-13-7-12-19(14-20)21(28-16-26-15-27-28,17-8-3-1-4-9-17)18-10-5-2-6-11-18;1-20(2,3)18(24)19(23-14-21-13-22-23)25-17-11-9-16(10-12-17)15-7-5-4-6-8-15;1-2-3-4-9-5-7-8-6-9;2-1(3)4/h1-16H;4-14,18-19,24H,1-3H3;5-6H,2-4H2,1H3;(H4,2,3,4). The quantitative estimate of drug-likeness (QED) is 0.100. The second-order valence-electron chi connectivity index (χ2n) is 15.9. The highest BCUT2D eigenvalue weighted by atomic mass is 19.4. The number of ether oxygens (including phenoxy) is 1. The maximum absolute atomic E-state index is 13.5. The van der Waals surface area contributed by atoms with Crippen LogP contribution in [0.4, 0.5) is 18.0 Å². The van der Waals surface area contributed by atoms with Crippen LogP contribution in [0.5, 0.6) is 5.75 Å². The van der Waals surface area contributed by atoms with Gasteiger partial charge in [-0.2, -0.15) is 23.4 Å². The molecular formula is C49H54F3N11O3. The van der Waals surface area contributed by atoms with Crippen LogP contribution >= 0.6 is 0 Å². The number of carbonyl (C=O) groups excluding carboxylic acids is 1. The SMILES string of the molecule is CC(C)(C)C(O)C(Oc1ccc(-c2ccccc2)cc1)n1cncn1.CCCCn1cnnc1.FC(F)(F)c1cccc(C(c2ccccc2)(c2ccccc2)n2cncn2)c1.NC(N)=O. The number of nitrogens with two attached hydrogens (primary N) is 2. The molecule has 0 fully saturated rings. The van der Waals surface area contributed by atoms with Gasteiger partial charge in [0.2, 0.25) is 6.23 Å². The summed E-state index contributed by atoms with van der Waals surface area (Å²) in [7, 11) is 0. The Bertz CT molecular complexity index is 2530. The van der Waals surface area contributed by atoms with Gasteiger partial charge in [0.05, 0.1) is 5.56 Å². The number of halogens is 3. The number of alkyl halides is 3. The summed E-state index contributed by atoms with van der Waals surface area (Å²) in [6.07, 6.45) is 5.98. The first-order chi connectivity index (χ1) is 31.6. The number of aryl methyl sites for hydroxylation is 1. The van der Waals surface area contributed by atoms with Crippen LogP contribution in [0.3, 0.4) is 0 Å². The fraction of sp³-hybridized carbons (Fsp3) is 0.245. The normalized spacial score (nSPS) is 12.2. The number of carbonyl (C=O) groups is 1. The summed E-state index contributed by atoms with van der Waals surface area (Å²) in [6.45, 7) is 9.10. The van der Waals surface area contributed by atoms with Crippen molar-refractivity contribution in [1.29, 1.82) is 0 Å². The molecule has 0 spiro atoms. The molecule has 66 heavy (non-hydrogen) atoms. The van der Waals surface area contributed by atoms with E-state index in [1.54, 1.807) is 34.4 Å². The van der Waals surface area contributed by atoms with Crippen molar-refractivity contribution in [2.45, 2.75) is 71.1 Å². The van der Waals surface area contributed by atoms with E-state index >= 15 is 0 Å².